The summed E-state index contributed by atoms with van der Waals surface area (Å²) in [4.78, 5) is 0. The van der Waals surface area contributed by atoms with E-state index in [0.717, 1.165) is 6.07 Å². The summed E-state index contributed by atoms with van der Waals surface area (Å²) in [6.45, 7) is 0.502. The summed E-state index contributed by atoms with van der Waals surface area (Å²) in [6, 6.07) is 2.33. The van der Waals surface area contributed by atoms with E-state index in [-0.39, 0.29) is 17.5 Å². The van der Waals surface area contributed by atoms with Gasteiger partial charge in [0.25, 0.3) is 0 Å². The van der Waals surface area contributed by atoms with Crippen molar-refractivity contribution < 1.29 is 13.9 Å². The minimum absolute atomic E-state index is 0.0152. The number of nitrogen functional groups attached to an aromatic ring is 1. The van der Waals surface area contributed by atoms with E-state index in [1.165, 1.54) is 6.07 Å². The number of halogens is 2. The van der Waals surface area contributed by atoms with Crippen LogP contribution in [0.15, 0.2) is 12.1 Å². The molecule has 1 saturated carbocycles. The molecular weight excluding hydrogens is 214 g/mol. The number of hydrogen-bond donors (Lipinski definition) is 3. The maximum atomic E-state index is 13.3. The van der Waals surface area contributed by atoms with Gasteiger partial charge in [-0.15, -0.1) is 0 Å². The molecule has 16 heavy (non-hydrogen) atoms. The summed E-state index contributed by atoms with van der Waals surface area (Å²) in [5.74, 6) is -1.55. The highest BCUT2D eigenvalue weighted by molar-refractivity contribution is 5.66. The number of rotatable bonds is 3. The zero-order valence-corrected chi connectivity index (χ0v) is 8.71. The summed E-state index contributed by atoms with van der Waals surface area (Å²) in [7, 11) is 0. The van der Waals surface area contributed by atoms with Crippen LogP contribution in [0.1, 0.15) is 12.8 Å². The molecule has 0 aromatic heterocycles. The molecule has 2 rings (SSSR count). The number of nitrogens with one attached hydrogen (secondary N) is 1. The van der Waals surface area contributed by atoms with E-state index in [0.29, 0.717) is 25.3 Å². The van der Waals surface area contributed by atoms with Crippen molar-refractivity contribution in [3.05, 3.63) is 23.8 Å². The van der Waals surface area contributed by atoms with Crippen LogP contribution in [-0.4, -0.2) is 17.8 Å². The third kappa shape index (κ3) is 2.09. The Labute approximate surface area is 92.3 Å². The van der Waals surface area contributed by atoms with Crippen molar-refractivity contribution in [1.29, 1.82) is 0 Å². The van der Waals surface area contributed by atoms with Gasteiger partial charge in [-0.1, -0.05) is 0 Å². The van der Waals surface area contributed by atoms with Crippen molar-refractivity contribution in [2.45, 2.75) is 18.9 Å². The summed E-state index contributed by atoms with van der Waals surface area (Å²) in [6.07, 6.45) is 1.15. The van der Waals surface area contributed by atoms with E-state index in [4.69, 9.17) is 10.8 Å². The Morgan fingerprint density at radius 2 is 2.06 bits per heavy atom. The van der Waals surface area contributed by atoms with Gasteiger partial charge in [-0.2, -0.15) is 0 Å². The van der Waals surface area contributed by atoms with Crippen molar-refractivity contribution in [3.8, 4) is 0 Å². The number of nitrogens with two attached hydrogens (primary N) is 1. The highest BCUT2D eigenvalue weighted by Crippen LogP contribution is 2.29. The predicted octanol–water partition coefficient (Wildman–Crippen LogP) is 1.73. The van der Waals surface area contributed by atoms with Crippen molar-refractivity contribution in [1.82, 2.24) is 0 Å². The van der Waals surface area contributed by atoms with Crippen molar-refractivity contribution in [3.63, 3.8) is 0 Å². The second-order valence-corrected chi connectivity index (χ2v) is 4.20. The van der Waals surface area contributed by atoms with Crippen molar-refractivity contribution >= 4 is 11.4 Å². The number of hydrogen-bond acceptors (Lipinski definition) is 3. The predicted molar refractivity (Wildman–Crippen MR) is 58.0 cm³/mol. The van der Waals surface area contributed by atoms with Crippen LogP contribution in [0.3, 0.4) is 0 Å². The van der Waals surface area contributed by atoms with Crippen LogP contribution in [0.25, 0.3) is 0 Å². The maximum Gasteiger partial charge on any atom is 0.183 e. The normalized spacial score (nSPS) is 23.9. The second-order valence-electron chi connectivity index (χ2n) is 4.20. The molecule has 0 unspecified atom stereocenters. The third-order valence-corrected chi connectivity index (χ3v) is 2.91. The van der Waals surface area contributed by atoms with Gasteiger partial charge in [0.15, 0.2) is 11.6 Å². The second kappa shape index (κ2) is 4.25. The molecule has 5 heteroatoms. The van der Waals surface area contributed by atoms with Gasteiger partial charge in [0.2, 0.25) is 0 Å². The molecule has 0 saturated heterocycles. The van der Waals surface area contributed by atoms with Gasteiger partial charge in [0.1, 0.15) is 0 Å². The molecule has 0 amide bonds. The molecule has 1 aliphatic rings. The molecule has 4 N–H and O–H groups in total. The molecule has 0 spiro atoms. The lowest BCUT2D eigenvalue weighted by Crippen LogP contribution is -2.33. The highest BCUT2D eigenvalue weighted by atomic mass is 19.2. The van der Waals surface area contributed by atoms with Crippen LogP contribution < -0.4 is 11.1 Å². The Morgan fingerprint density at radius 1 is 1.38 bits per heavy atom. The average Bonchev–Trinajstić information content (AvgIpc) is 2.21. The molecule has 1 fully saturated rings. The van der Waals surface area contributed by atoms with Crippen molar-refractivity contribution in [2.75, 3.05) is 17.6 Å². The largest absolute Gasteiger partial charge is 0.397 e. The van der Waals surface area contributed by atoms with Crippen LogP contribution >= 0.6 is 0 Å². The SMILES string of the molecule is Nc1ccc(F)c(F)c1NCC1CC(O)C1. The van der Waals surface area contributed by atoms with E-state index in [2.05, 4.69) is 5.32 Å². The van der Waals surface area contributed by atoms with Gasteiger partial charge >= 0.3 is 0 Å². The summed E-state index contributed by atoms with van der Waals surface area (Å²) in [5, 5.41) is 11.9. The zero-order valence-electron chi connectivity index (χ0n) is 8.71. The van der Waals surface area contributed by atoms with Gasteiger partial charge in [0, 0.05) is 6.54 Å². The molecule has 1 aromatic rings. The van der Waals surface area contributed by atoms with Crippen molar-refractivity contribution in [2.24, 2.45) is 5.92 Å². The first-order valence-corrected chi connectivity index (χ1v) is 5.23. The van der Waals surface area contributed by atoms with Crippen LogP contribution in [0.5, 0.6) is 0 Å². The van der Waals surface area contributed by atoms with Gasteiger partial charge in [-0.05, 0) is 30.9 Å². The average molecular weight is 228 g/mol. The van der Waals surface area contributed by atoms with Crippen LogP contribution in [0, 0.1) is 17.6 Å². The van der Waals surface area contributed by atoms with E-state index in [1.54, 1.807) is 0 Å². The summed E-state index contributed by atoms with van der Waals surface area (Å²) in [5.41, 5.74) is 5.75. The fraction of sp³-hybridized carbons (Fsp3) is 0.455. The molecule has 0 radical (unpaired) electrons. The first-order chi connectivity index (χ1) is 7.58. The topological polar surface area (TPSA) is 58.3 Å². The third-order valence-electron chi connectivity index (χ3n) is 2.91. The quantitative estimate of drug-likeness (QED) is 0.690. The number of anilines is 2. The van der Waals surface area contributed by atoms with Gasteiger partial charge < -0.3 is 16.2 Å². The molecule has 3 nitrogen and oxygen atoms in total. The lowest BCUT2D eigenvalue weighted by atomic mass is 9.82. The maximum absolute atomic E-state index is 13.3. The van der Waals surface area contributed by atoms with Crippen LogP contribution in [0.4, 0.5) is 20.2 Å². The first kappa shape index (κ1) is 11.1. The van der Waals surface area contributed by atoms with Gasteiger partial charge in [-0.25, -0.2) is 8.78 Å². The summed E-state index contributed by atoms with van der Waals surface area (Å²) >= 11 is 0. The fourth-order valence-electron chi connectivity index (χ4n) is 1.86. The van der Waals surface area contributed by atoms with E-state index in [1.807, 2.05) is 0 Å². The Hall–Kier alpha value is -1.36. The monoisotopic (exact) mass is 228 g/mol. The van der Waals surface area contributed by atoms with Gasteiger partial charge in [-0.3, -0.25) is 0 Å². The number of aliphatic hydroxyl groups excluding tert-OH is 1. The van der Waals surface area contributed by atoms with E-state index in [9.17, 15) is 8.78 Å². The Morgan fingerprint density at radius 3 is 2.69 bits per heavy atom. The minimum Gasteiger partial charge on any atom is -0.397 e. The smallest absolute Gasteiger partial charge is 0.183 e. The van der Waals surface area contributed by atoms with Gasteiger partial charge in [0.05, 0.1) is 17.5 Å². The van der Waals surface area contributed by atoms with Crippen LogP contribution in [-0.2, 0) is 0 Å². The number of aliphatic hydroxyl groups is 1. The lowest BCUT2D eigenvalue weighted by molar-refractivity contribution is 0.0486. The zero-order chi connectivity index (χ0) is 11.7. The molecule has 88 valence electrons. The minimum atomic E-state index is -0.945. The molecule has 0 atom stereocenters. The Balaban J connectivity index is 2.01. The lowest BCUT2D eigenvalue weighted by Gasteiger charge is -2.31. The Kier molecular flexibility index (Phi) is 2.96. The molecule has 0 heterocycles. The molecule has 0 bridgehead atoms. The summed E-state index contributed by atoms with van der Waals surface area (Å²) < 4.78 is 26.3. The fourth-order valence-corrected chi connectivity index (χ4v) is 1.86. The molecule has 0 aliphatic heterocycles. The first-order valence-electron chi connectivity index (χ1n) is 5.23. The standard InChI is InChI=1S/C11H14F2N2O/c12-8-1-2-9(14)11(10(8)13)15-5-6-3-7(16)4-6/h1-2,6-7,15-16H,3-5,14H2. The molecule has 1 aromatic carbocycles. The van der Waals surface area contributed by atoms with Crippen LogP contribution in [0.2, 0.25) is 0 Å². The number of benzene rings is 1. The highest BCUT2D eigenvalue weighted by Gasteiger charge is 2.27. The Bertz CT molecular complexity index is 392. The molecular formula is C11H14F2N2O. The molecule has 1 aliphatic carbocycles. The van der Waals surface area contributed by atoms with E-state index < -0.39 is 11.6 Å². The van der Waals surface area contributed by atoms with E-state index >= 15 is 0 Å².